The molecule has 1 amide bonds. The van der Waals surface area contributed by atoms with Gasteiger partial charge in [-0.1, -0.05) is 13.8 Å². The molecule has 0 bridgehead atoms. The molecule has 4 nitrogen and oxygen atoms in total. The molecule has 0 heterocycles. The van der Waals surface area contributed by atoms with Crippen LogP contribution in [0.1, 0.15) is 20.3 Å². The van der Waals surface area contributed by atoms with Gasteiger partial charge in [0.15, 0.2) is 6.04 Å². The smallest absolute Gasteiger partial charge is 0.301 e. The van der Waals surface area contributed by atoms with Gasteiger partial charge in [0.05, 0.1) is 0 Å². The largest absolute Gasteiger partial charge is 0.347 e. The summed E-state index contributed by atoms with van der Waals surface area (Å²) in [6.07, 6.45) is 0.890. The van der Waals surface area contributed by atoms with Crippen molar-refractivity contribution in [2.45, 2.75) is 26.3 Å². The molecule has 0 aliphatic rings. The summed E-state index contributed by atoms with van der Waals surface area (Å²) < 4.78 is 0. The maximum atomic E-state index is 10.7. The summed E-state index contributed by atoms with van der Waals surface area (Å²) >= 11 is 0. The zero-order chi connectivity index (χ0) is 8.15. The first-order chi connectivity index (χ1) is 4.63. The number of quaternary nitrogens is 1. The molecule has 0 fully saturated rings. The molecule has 0 saturated carbocycles. The minimum atomic E-state index is -0.408. The number of carbonyl (C=O) groups excluding carboxylic acids is 1. The van der Waals surface area contributed by atoms with E-state index in [-0.39, 0.29) is 12.0 Å². The lowest BCUT2D eigenvalue weighted by atomic mass is 10.00. The van der Waals surface area contributed by atoms with Crippen molar-refractivity contribution < 1.29 is 15.7 Å². The Labute approximate surface area is 60.4 Å². The van der Waals surface area contributed by atoms with Crippen molar-refractivity contribution in [3.8, 4) is 0 Å². The maximum Gasteiger partial charge on any atom is 0.301 e. The average Bonchev–Trinajstić information content (AvgIpc) is 2.00. The van der Waals surface area contributed by atoms with Crippen molar-refractivity contribution in [3.63, 3.8) is 0 Å². The summed E-state index contributed by atoms with van der Waals surface area (Å²) in [5, 5.41) is 8.21. The van der Waals surface area contributed by atoms with Crippen molar-refractivity contribution in [1.82, 2.24) is 5.48 Å². The van der Waals surface area contributed by atoms with Gasteiger partial charge in [0.1, 0.15) is 0 Å². The molecular formula is C6H15N2O2+. The number of rotatable bonds is 3. The molecule has 10 heavy (non-hydrogen) atoms. The molecule has 0 aliphatic heterocycles. The van der Waals surface area contributed by atoms with E-state index in [1.165, 1.54) is 0 Å². The quantitative estimate of drug-likeness (QED) is 0.359. The van der Waals surface area contributed by atoms with E-state index in [0.29, 0.717) is 0 Å². The standard InChI is InChI=1S/C6H14N2O2/c1-3-4(2)5(7)6(9)8-10/h4-5,10H,3,7H2,1-2H3,(H,8,9)/p+1/t4-,5-/m0/s1. The Bertz CT molecular complexity index is 116. The Hall–Kier alpha value is -0.610. The third-order valence-corrected chi connectivity index (χ3v) is 1.78. The van der Waals surface area contributed by atoms with Gasteiger partial charge >= 0.3 is 5.91 Å². The van der Waals surface area contributed by atoms with Gasteiger partial charge in [-0.25, -0.2) is 5.48 Å². The van der Waals surface area contributed by atoms with Crippen LogP contribution >= 0.6 is 0 Å². The first-order valence-electron chi connectivity index (χ1n) is 3.40. The zero-order valence-corrected chi connectivity index (χ0v) is 6.42. The van der Waals surface area contributed by atoms with Gasteiger partial charge in [-0.15, -0.1) is 0 Å². The van der Waals surface area contributed by atoms with Crippen molar-refractivity contribution in [3.05, 3.63) is 0 Å². The zero-order valence-electron chi connectivity index (χ0n) is 6.42. The summed E-state index contributed by atoms with van der Waals surface area (Å²) in [5.74, 6) is -0.193. The van der Waals surface area contributed by atoms with Gasteiger partial charge in [-0.3, -0.25) is 10.0 Å². The predicted octanol–water partition coefficient (Wildman–Crippen LogP) is -0.852. The van der Waals surface area contributed by atoms with Crippen LogP contribution in [0.3, 0.4) is 0 Å². The Morgan fingerprint density at radius 2 is 2.30 bits per heavy atom. The van der Waals surface area contributed by atoms with Crippen LogP contribution in [0.2, 0.25) is 0 Å². The molecule has 0 aromatic heterocycles. The van der Waals surface area contributed by atoms with Crippen molar-refractivity contribution >= 4 is 5.91 Å². The highest BCUT2D eigenvalue weighted by molar-refractivity contribution is 5.79. The molecule has 0 unspecified atom stereocenters. The minimum absolute atomic E-state index is 0.215. The molecule has 0 aromatic rings. The molecule has 5 N–H and O–H groups in total. The van der Waals surface area contributed by atoms with E-state index in [2.05, 4.69) is 5.73 Å². The third kappa shape index (κ3) is 2.33. The number of hydrogen-bond acceptors (Lipinski definition) is 2. The van der Waals surface area contributed by atoms with Crippen LogP contribution < -0.4 is 11.2 Å². The van der Waals surface area contributed by atoms with Crippen LogP contribution in [-0.2, 0) is 4.79 Å². The summed E-state index contributed by atoms with van der Waals surface area (Å²) in [6, 6.07) is -0.352. The van der Waals surface area contributed by atoms with E-state index in [1.54, 1.807) is 5.48 Å². The molecule has 0 rings (SSSR count). The summed E-state index contributed by atoms with van der Waals surface area (Å²) in [7, 11) is 0. The van der Waals surface area contributed by atoms with Crippen LogP contribution in [0.25, 0.3) is 0 Å². The number of nitrogens with one attached hydrogen (secondary N) is 1. The highest BCUT2D eigenvalue weighted by Gasteiger charge is 2.22. The molecule has 0 aliphatic carbocycles. The lowest BCUT2D eigenvalue weighted by Crippen LogP contribution is -2.69. The number of carbonyl (C=O) groups is 1. The second-order valence-corrected chi connectivity index (χ2v) is 2.47. The lowest BCUT2D eigenvalue weighted by Gasteiger charge is -2.11. The third-order valence-electron chi connectivity index (χ3n) is 1.78. The topological polar surface area (TPSA) is 77.0 Å². The van der Waals surface area contributed by atoms with Crippen LogP contribution in [0, 0.1) is 5.92 Å². The second-order valence-electron chi connectivity index (χ2n) is 2.47. The van der Waals surface area contributed by atoms with Crippen LogP contribution in [0.15, 0.2) is 0 Å². The fourth-order valence-corrected chi connectivity index (χ4v) is 0.626. The number of hydrogen-bond donors (Lipinski definition) is 3. The van der Waals surface area contributed by atoms with E-state index >= 15 is 0 Å². The molecule has 60 valence electrons. The van der Waals surface area contributed by atoms with Crippen molar-refractivity contribution in [1.29, 1.82) is 0 Å². The van der Waals surface area contributed by atoms with Gasteiger partial charge in [0, 0.05) is 5.92 Å². The van der Waals surface area contributed by atoms with Gasteiger partial charge in [0.2, 0.25) is 0 Å². The van der Waals surface area contributed by atoms with Gasteiger partial charge in [-0.2, -0.15) is 0 Å². The SMILES string of the molecule is CC[C@H](C)[C@H]([NH3+])C(=O)NO. The Kier molecular flexibility index (Phi) is 3.99. The lowest BCUT2D eigenvalue weighted by molar-refractivity contribution is -0.416. The molecule has 0 spiro atoms. The van der Waals surface area contributed by atoms with Gasteiger partial charge in [0.25, 0.3) is 0 Å². The van der Waals surface area contributed by atoms with Crippen LogP contribution in [-0.4, -0.2) is 17.2 Å². The van der Waals surface area contributed by atoms with E-state index in [4.69, 9.17) is 5.21 Å². The van der Waals surface area contributed by atoms with Gasteiger partial charge in [-0.05, 0) is 6.42 Å². The highest BCUT2D eigenvalue weighted by atomic mass is 16.5. The van der Waals surface area contributed by atoms with E-state index in [1.807, 2.05) is 13.8 Å². The summed E-state index contributed by atoms with van der Waals surface area (Å²) in [5.41, 5.74) is 5.19. The Morgan fingerprint density at radius 1 is 1.80 bits per heavy atom. The first kappa shape index (κ1) is 9.39. The van der Waals surface area contributed by atoms with Crippen molar-refractivity contribution in [2.24, 2.45) is 5.92 Å². The van der Waals surface area contributed by atoms with E-state index < -0.39 is 5.91 Å². The second kappa shape index (κ2) is 4.24. The fourth-order valence-electron chi connectivity index (χ4n) is 0.626. The Morgan fingerprint density at radius 3 is 2.60 bits per heavy atom. The predicted molar refractivity (Wildman–Crippen MR) is 36.1 cm³/mol. The first-order valence-corrected chi connectivity index (χ1v) is 3.40. The number of hydroxylamine groups is 1. The molecule has 0 saturated heterocycles. The van der Waals surface area contributed by atoms with E-state index in [9.17, 15) is 4.79 Å². The maximum absolute atomic E-state index is 10.7. The average molecular weight is 147 g/mol. The van der Waals surface area contributed by atoms with Crippen molar-refractivity contribution in [2.75, 3.05) is 0 Å². The molecular weight excluding hydrogens is 132 g/mol. The minimum Gasteiger partial charge on any atom is -0.347 e. The summed E-state index contributed by atoms with van der Waals surface area (Å²) in [6.45, 7) is 3.90. The van der Waals surface area contributed by atoms with E-state index in [0.717, 1.165) is 6.42 Å². The van der Waals surface area contributed by atoms with Gasteiger partial charge < -0.3 is 5.73 Å². The monoisotopic (exact) mass is 147 g/mol. The Balaban J connectivity index is 3.81. The molecule has 0 radical (unpaired) electrons. The number of amides is 1. The normalized spacial score (nSPS) is 16.0. The van der Waals surface area contributed by atoms with Crippen LogP contribution in [0.5, 0.6) is 0 Å². The molecule has 2 atom stereocenters. The molecule has 4 heteroatoms. The highest BCUT2D eigenvalue weighted by Crippen LogP contribution is 2.02. The molecule has 0 aromatic carbocycles. The fraction of sp³-hybridized carbons (Fsp3) is 0.833. The summed E-state index contributed by atoms with van der Waals surface area (Å²) in [4.78, 5) is 10.7. The van der Waals surface area contributed by atoms with Crippen LogP contribution in [0.4, 0.5) is 0 Å².